The Bertz CT molecular complexity index is 968. The lowest BCUT2D eigenvalue weighted by Crippen LogP contribution is -2.47. The molecule has 1 aliphatic heterocycles. The molecule has 0 amide bonds. The zero-order valence-corrected chi connectivity index (χ0v) is 17.7. The van der Waals surface area contributed by atoms with Crippen LogP contribution in [0.1, 0.15) is 10.7 Å². The fourth-order valence-electron chi connectivity index (χ4n) is 3.07. The van der Waals surface area contributed by atoms with Crippen molar-refractivity contribution in [2.75, 3.05) is 45.2 Å². The van der Waals surface area contributed by atoms with E-state index in [1.54, 1.807) is 11.9 Å². The molecule has 0 unspecified atom stereocenters. The number of thiazole rings is 1. The van der Waals surface area contributed by atoms with Crippen LogP contribution in [0.3, 0.4) is 0 Å². The molecule has 0 saturated carbocycles. The van der Waals surface area contributed by atoms with Gasteiger partial charge in [0.05, 0.1) is 16.4 Å². The molecule has 1 saturated heterocycles. The van der Waals surface area contributed by atoms with Crippen LogP contribution in [0, 0.1) is 17.0 Å². The molecule has 1 aromatic carbocycles. The Balaban J connectivity index is 1.89. The maximum atomic E-state index is 12.9. The number of hydrogen-bond acceptors (Lipinski definition) is 8. The van der Waals surface area contributed by atoms with Crippen molar-refractivity contribution in [1.82, 2.24) is 14.2 Å². The van der Waals surface area contributed by atoms with Gasteiger partial charge in [-0.05, 0) is 26.1 Å². The summed E-state index contributed by atoms with van der Waals surface area (Å²) in [5.74, 6) is 0. The fraction of sp³-hybridized carbons (Fsp3) is 0.471. The number of nitro benzene ring substituents is 1. The molecule has 0 atom stereocenters. The molecule has 9 nitrogen and oxygen atoms in total. The summed E-state index contributed by atoms with van der Waals surface area (Å²) in [7, 11) is -0.102. The van der Waals surface area contributed by atoms with Crippen LogP contribution in [0.4, 0.5) is 11.4 Å². The number of nitrogens with zero attached hydrogens (tertiary/aromatic N) is 5. The van der Waals surface area contributed by atoms with Gasteiger partial charge in [0, 0.05) is 50.4 Å². The van der Waals surface area contributed by atoms with Gasteiger partial charge in [-0.1, -0.05) is 0 Å². The minimum Gasteiger partial charge on any atom is -0.362 e. The number of rotatable bonds is 6. The van der Waals surface area contributed by atoms with Crippen molar-refractivity contribution in [2.24, 2.45) is 0 Å². The monoisotopic (exact) mass is 425 g/mol. The molecule has 2 aromatic rings. The first-order valence-corrected chi connectivity index (χ1v) is 11.1. The average Bonchev–Trinajstić information content (AvgIpc) is 3.06. The topological polar surface area (TPSA) is 99.9 Å². The molecule has 1 aromatic heterocycles. The smallest absolute Gasteiger partial charge is 0.293 e. The number of anilines is 1. The highest BCUT2D eigenvalue weighted by Gasteiger charge is 2.30. The largest absolute Gasteiger partial charge is 0.362 e. The van der Waals surface area contributed by atoms with Crippen LogP contribution in [0.5, 0.6) is 0 Å². The Kier molecular flexibility index (Phi) is 5.98. The summed E-state index contributed by atoms with van der Waals surface area (Å²) < 4.78 is 27.2. The van der Waals surface area contributed by atoms with Gasteiger partial charge in [-0.3, -0.25) is 10.1 Å². The van der Waals surface area contributed by atoms with Crippen molar-refractivity contribution in [3.63, 3.8) is 0 Å². The van der Waals surface area contributed by atoms with E-state index in [1.165, 1.54) is 27.8 Å². The van der Waals surface area contributed by atoms with E-state index in [2.05, 4.69) is 4.98 Å². The lowest BCUT2D eigenvalue weighted by molar-refractivity contribution is -0.384. The summed E-state index contributed by atoms with van der Waals surface area (Å²) >= 11 is 1.48. The van der Waals surface area contributed by atoms with Gasteiger partial charge in [0.15, 0.2) is 0 Å². The minimum absolute atomic E-state index is 0.0500. The van der Waals surface area contributed by atoms with E-state index >= 15 is 0 Å². The molecule has 0 spiro atoms. The molecule has 28 heavy (non-hydrogen) atoms. The van der Waals surface area contributed by atoms with Gasteiger partial charge in [-0.15, -0.1) is 11.3 Å². The zero-order valence-electron chi connectivity index (χ0n) is 16.0. The third-order valence-electron chi connectivity index (χ3n) is 4.69. The predicted molar refractivity (Wildman–Crippen MR) is 108 cm³/mol. The standard InChI is InChI=1S/C17H23N5O4S2/c1-13-12-27-17(18-13)11-20(3)15-5-4-14(10-16(15)22(23)24)28(25,26)21-8-6-19(2)7-9-21/h4-5,10,12H,6-9,11H2,1-3H3. The third-order valence-corrected chi connectivity index (χ3v) is 7.54. The Morgan fingerprint density at radius 3 is 2.54 bits per heavy atom. The van der Waals surface area contributed by atoms with Crippen LogP contribution < -0.4 is 4.90 Å². The maximum Gasteiger partial charge on any atom is 0.293 e. The second-order valence-electron chi connectivity index (χ2n) is 6.85. The number of sulfonamides is 1. The first-order chi connectivity index (χ1) is 13.2. The number of piperazine rings is 1. The maximum absolute atomic E-state index is 12.9. The van der Waals surface area contributed by atoms with Crippen LogP contribution in [-0.4, -0.2) is 67.8 Å². The number of aryl methyl sites for hydroxylation is 1. The molecule has 0 radical (unpaired) electrons. The molecule has 1 fully saturated rings. The van der Waals surface area contributed by atoms with Crippen molar-refractivity contribution in [3.05, 3.63) is 44.4 Å². The first-order valence-electron chi connectivity index (χ1n) is 8.78. The van der Waals surface area contributed by atoms with Crippen LogP contribution in [-0.2, 0) is 16.6 Å². The molecule has 2 heterocycles. The number of aromatic nitrogens is 1. The van der Waals surface area contributed by atoms with Crippen molar-refractivity contribution in [2.45, 2.75) is 18.4 Å². The molecule has 0 aliphatic carbocycles. The van der Waals surface area contributed by atoms with E-state index in [-0.39, 0.29) is 10.6 Å². The Hall–Kier alpha value is -2.08. The van der Waals surface area contributed by atoms with Gasteiger partial charge in [-0.25, -0.2) is 13.4 Å². The van der Waals surface area contributed by atoms with Gasteiger partial charge in [0.1, 0.15) is 10.7 Å². The van der Waals surface area contributed by atoms with E-state index in [0.717, 1.165) is 16.8 Å². The van der Waals surface area contributed by atoms with Crippen LogP contribution in [0.2, 0.25) is 0 Å². The highest BCUT2D eigenvalue weighted by molar-refractivity contribution is 7.89. The highest BCUT2D eigenvalue weighted by Crippen LogP contribution is 2.32. The summed E-state index contributed by atoms with van der Waals surface area (Å²) in [6, 6.07) is 4.10. The number of benzene rings is 1. The van der Waals surface area contributed by atoms with E-state index in [4.69, 9.17) is 0 Å². The molecule has 0 bridgehead atoms. The number of nitro groups is 1. The Morgan fingerprint density at radius 2 is 1.96 bits per heavy atom. The van der Waals surface area contributed by atoms with Crippen molar-refractivity contribution in [1.29, 1.82) is 0 Å². The first kappa shape index (κ1) is 20.6. The van der Waals surface area contributed by atoms with E-state index in [9.17, 15) is 18.5 Å². The van der Waals surface area contributed by atoms with Gasteiger partial charge in [0.25, 0.3) is 5.69 Å². The van der Waals surface area contributed by atoms with Crippen LogP contribution in [0.15, 0.2) is 28.5 Å². The fourth-order valence-corrected chi connectivity index (χ4v) is 5.34. The lowest BCUT2D eigenvalue weighted by atomic mass is 10.2. The SMILES string of the molecule is Cc1csc(CN(C)c2ccc(S(=O)(=O)N3CCN(C)CC3)cc2[N+](=O)[O-])n1. The van der Waals surface area contributed by atoms with Gasteiger partial charge < -0.3 is 9.80 Å². The summed E-state index contributed by atoms with van der Waals surface area (Å²) in [6.45, 7) is 4.31. The predicted octanol–water partition coefficient (Wildman–Crippen LogP) is 1.93. The van der Waals surface area contributed by atoms with Gasteiger partial charge in [-0.2, -0.15) is 4.31 Å². The van der Waals surface area contributed by atoms with Crippen molar-refractivity contribution >= 4 is 32.7 Å². The summed E-state index contributed by atoms with van der Waals surface area (Å²) in [5.41, 5.74) is 1.03. The summed E-state index contributed by atoms with van der Waals surface area (Å²) in [6.07, 6.45) is 0. The van der Waals surface area contributed by atoms with E-state index in [0.29, 0.717) is 38.4 Å². The Morgan fingerprint density at radius 1 is 1.29 bits per heavy atom. The molecule has 0 N–H and O–H groups in total. The molecule has 11 heteroatoms. The molecule has 152 valence electrons. The average molecular weight is 426 g/mol. The zero-order chi connectivity index (χ0) is 20.5. The van der Waals surface area contributed by atoms with Gasteiger partial charge >= 0.3 is 0 Å². The lowest BCUT2D eigenvalue weighted by Gasteiger charge is -2.31. The molecular weight excluding hydrogens is 402 g/mol. The van der Waals surface area contributed by atoms with E-state index in [1.807, 2.05) is 24.3 Å². The van der Waals surface area contributed by atoms with Gasteiger partial charge in [0.2, 0.25) is 10.0 Å². The molecule has 1 aliphatic rings. The van der Waals surface area contributed by atoms with Crippen molar-refractivity contribution in [3.8, 4) is 0 Å². The third kappa shape index (κ3) is 4.32. The highest BCUT2D eigenvalue weighted by atomic mass is 32.2. The van der Waals surface area contributed by atoms with E-state index < -0.39 is 14.9 Å². The normalized spacial score (nSPS) is 16.2. The summed E-state index contributed by atoms with van der Waals surface area (Å²) in [5, 5.41) is 14.4. The number of likely N-dealkylation sites (N-methyl/N-ethyl adjacent to an activating group) is 1. The van der Waals surface area contributed by atoms with Crippen molar-refractivity contribution < 1.29 is 13.3 Å². The summed E-state index contributed by atoms with van der Waals surface area (Å²) in [4.78, 5) is 19.2. The molecular formula is C17H23N5O4S2. The quantitative estimate of drug-likeness (QED) is 0.515. The molecule has 3 rings (SSSR count). The minimum atomic E-state index is -3.77. The van der Waals surface area contributed by atoms with Crippen LogP contribution >= 0.6 is 11.3 Å². The second-order valence-corrected chi connectivity index (χ2v) is 9.73. The van der Waals surface area contributed by atoms with Crippen LogP contribution in [0.25, 0.3) is 0 Å². The number of hydrogen-bond donors (Lipinski definition) is 0. The second kappa shape index (κ2) is 8.11. The Labute approximate surface area is 168 Å².